The molecule has 0 unspecified atom stereocenters. The fourth-order valence-electron chi connectivity index (χ4n) is 2.63. The summed E-state index contributed by atoms with van der Waals surface area (Å²) in [4.78, 5) is 33.3. The van der Waals surface area contributed by atoms with Gasteiger partial charge in [-0.1, -0.05) is 32.0 Å². The fourth-order valence-corrected chi connectivity index (χ4v) is 3.54. The number of nitrogens with one attached hydrogen (secondary N) is 1. The molecule has 6 heteroatoms. The predicted octanol–water partition coefficient (Wildman–Crippen LogP) is 2.46. The van der Waals surface area contributed by atoms with E-state index in [1.54, 1.807) is 0 Å². The zero-order valence-corrected chi connectivity index (χ0v) is 14.4. The van der Waals surface area contributed by atoms with Crippen molar-refractivity contribution < 1.29 is 4.79 Å². The van der Waals surface area contributed by atoms with Gasteiger partial charge in [-0.2, -0.15) is 0 Å². The van der Waals surface area contributed by atoms with Crippen molar-refractivity contribution >= 4 is 17.7 Å². The molecule has 1 atom stereocenters. The molecule has 1 fully saturated rings. The van der Waals surface area contributed by atoms with E-state index in [0.717, 1.165) is 44.5 Å². The number of aromatic amines is 1. The Morgan fingerprint density at radius 1 is 1.50 bits per heavy atom. The minimum Gasteiger partial charge on any atom is -0.342 e. The molecule has 1 saturated heterocycles. The monoisotopic (exact) mass is 323 g/mol. The first-order valence-electron chi connectivity index (χ1n) is 8.05. The van der Waals surface area contributed by atoms with E-state index in [1.165, 1.54) is 17.8 Å². The summed E-state index contributed by atoms with van der Waals surface area (Å²) < 4.78 is 0. The van der Waals surface area contributed by atoms with E-state index in [0.29, 0.717) is 11.1 Å². The van der Waals surface area contributed by atoms with Gasteiger partial charge in [0.15, 0.2) is 5.16 Å². The second kappa shape index (κ2) is 7.81. The number of nitrogens with zero attached hydrogens (tertiary/aromatic N) is 2. The van der Waals surface area contributed by atoms with Crippen molar-refractivity contribution in [2.75, 3.05) is 13.1 Å². The molecular weight excluding hydrogens is 298 g/mol. The number of aryl methyl sites for hydroxylation is 1. The molecule has 122 valence electrons. The molecule has 0 bridgehead atoms. The number of hydrogen-bond donors (Lipinski definition) is 1. The average molecular weight is 323 g/mol. The fraction of sp³-hybridized carbons (Fsp3) is 0.688. The normalized spacial score (nSPS) is 17.5. The second-order valence-electron chi connectivity index (χ2n) is 6.06. The van der Waals surface area contributed by atoms with Crippen LogP contribution in [0.3, 0.4) is 0 Å². The van der Waals surface area contributed by atoms with E-state index in [1.807, 2.05) is 11.8 Å². The highest BCUT2D eigenvalue weighted by Crippen LogP contribution is 2.23. The van der Waals surface area contributed by atoms with Crippen LogP contribution in [0.2, 0.25) is 0 Å². The lowest BCUT2D eigenvalue weighted by Crippen LogP contribution is -2.41. The summed E-state index contributed by atoms with van der Waals surface area (Å²) in [7, 11) is 0. The van der Waals surface area contributed by atoms with Crippen LogP contribution in [0.4, 0.5) is 0 Å². The molecule has 0 aromatic carbocycles. The topological polar surface area (TPSA) is 66.1 Å². The largest absolute Gasteiger partial charge is 0.342 e. The number of H-pyrrole nitrogens is 1. The molecule has 0 spiro atoms. The smallest absolute Gasteiger partial charge is 0.251 e. The first-order chi connectivity index (χ1) is 10.5. The number of carbonyl (C=O) groups is 1. The van der Waals surface area contributed by atoms with Crippen molar-refractivity contribution in [3.05, 3.63) is 22.1 Å². The lowest BCUT2D eigenvalue weighted by atomic mass is 9.99. The molecule has 0 saturated carbocycles. The minimum atomic E-state index is -0.228. The van der Waals surface area contributed by atoms with Crippen LogP contribution in [-0.4, -0.2) is 39.1 Å². The van der Waals surface area contributed by atoms with Crippen LogP contribution in [0, 0.1) is 5.92 Å². The first kappa shape index (κ1) is 17.1. The van der Waals surface area contributed by atoms with Gasteiger partial charge in [0.25, 0.3) is 5.56 Å². The van der Waals surface area contributed by atoms with Gasteiger partial charge in [-0.25, -0.2) is 4.98 Å². The third-order valence-electron chi connectivity index (χ3n) is 4.01. The van der Waals surface area contributed by atoms with Gasteiger partial charge in [-0.3, -0.25) is 9.59 Å². The van der Waals surface area contributed by atoms with Gasteiger partial charge in [0.2, 0.25) is 5.91 Å². The first-order valence-corrected chi connectivity index (χ1v) is 8.93. The quantitative estimate of drug-likeness (QED) is 0.668. The SMILES string of the molecule is CCCc1cc(=O)[nH]c(S[C@@H](C)C(=O)N2CCC(C)CC2)n1. The minimum absolute atomic E-state index is 0.139. The van der Waals surface area contributed by atoms with Crippen molar-refractivity contribution in [1.29, 1.82) is 0 Å². The van der Waals surface area contributed by atoms with Crippen molar-refractivity contribution in [2.45, 2.75) is 56.9 Å². The zero-order valence-electron chi connectivity index (χ0n) is 13.6. The van der Waals surface area contributed by atoms with E-state index in [4.69, 9.17) is 0 Å². The number of hydrogen-bond acceptors (Lipinski definition) is 4. The lowest BCUT2D eigenvalue weighted by Gasteiger charge is -2.31. The Balaban J connectivity index is 2.00. The van der Waals surface area contributed by atoms with Gasteiger partial charge < -0.3 is 9.88 Å². The van der Waals surface area contributed by atoms with Crippen LogP contribution in [0.25, 0.3) is 0 Å². The maximum absolute atomic E-state index is 12.5. The molecule has 1 aromatic rings. The third-order valence-corrected chi connectivity index (χ3v) is 4.98. The highest BCUT2D eigenvalue weighted by atomic mass is 32.2. The van der Waals surface area contributed by atoms with Gasteiger partial charge in [0.1, 0.15) is 0 Å². The maximum Gasteiger partial charge on any atom is 0.251 e. The predicted molar refractivity (Wildman–Crippen MR) is 89.1 cm³/mol. The van der Waals surface area contributed by atoms with Gasteiger partial charge >= 0.3 is 0 Å². The molecule has 1 amide bonds. The Kier molecular flexibility index (Phi) is 6.06. The van der Waals surface area contributed by atoms with Gasteiger partial charge in [0.05, 0.1) is 5.25 Å². The van der Waals surface area contributed by atoms with Gasteiger partial charge in [-0.15, -0.1) is 0 Å². The molecule has 2 rings (SSSR count). The van der Waals surface area contributed by atoms with Crippen LogP contribution < -0.4 is 5.56 Å². The summed E-state index contributed by atoms with van der Waals surface area (Å²) in [5.41, 5.74) is 0.646. The molecule has 1 aliphatic rings. The Hall–Kier alpha value is -1.30. The van der Waals surface area contributed by atoms with Crippen LogP contribution in [0.1, 0.15) is 45.7 Å². The summed E-state index contributed by atoms with van der Waals surface area (Å²) in [5, 5.41) is 0.315. The van der Waals surface area contributed by atoms with E-state index in [-0.39, 0.29) is 16.7 Å². The number of thioether (sulfide) groups is 1. The summed E-state index contributed by atoms with van der Waals surface area (Å²) in [6, 6.07) is 1.53. The second-order valence-corrected chi connectivity index (χ2v) is 7.39. The van der Waals surface area contributed by atoms with E-state index >= 15 is 0 Å². The standard InChI is InChI=1S/C16H25N3O2S/c1-4-5-13-10-14(20)18-16(17-13)22-12(3)15(21)19-8-6-11(2)7-9-19/h10-12H,4-9H2,1-3H3,(H,17,18,20)/t12-/m0/s1. The van der Waals surface area contributed by atoms with Crippen molar-refractivity contribution in [3.8, 4) is 0 Å². The van der Waals surface area contributed by atoms with E-state index in [2.05, 4.69) is 23.8 Å². The van der Waals surface area contributed by atoms with Crippen LogP contribution in [0.15, 0.2) is 16.0 Å². The summed E-state index contributed by atoms with van der Waals surface area (Å²) >= 11 is 1.34. The summed E-state index contributed by atoms with van der Waals surface area (Å²) in [5.74, 6) is 0.844. The third kappa shape index (κ3) is 4.60. The molecule has 22 heavy (non-hydrogen) atoms. The maximum atomic E-state index is 12.5. The number of likely N-dealkylation sites (tertiary alicyclic amines) is 1. The number of amides is 1. The van der Waals surface area contributed by atoms with Crippen LogP contribution in [-0.2, 0) is 11.2 Å². The Labute approximate surface area is 135 Å². The van der Waals surface area contributed by atoms with Gasteiger partial charge in [0, 0.05) is 24.8 Å². The highest BCUT2D eigenvalue weighted by molar-refractivity contribution is 8.00. The van der Waals surface area contributed by atoms with Crippen molar-refractivity contribution in [3.63, 3.8) is 0 Å². The van der Waals surface area contributed by atoms with Crippen molar-refractivity contribution in [1.82, 2.24) is 14.9 Å². The molecule has 1 aromatic heterocycles. The van der Waals surface area contributed by atoms with Crippen LogP contribution in [0.5, 0.6) is 0 Å². The Bertz CT molecular complexity index is 565. The van der Waals surface area contributed by atoms with E-state index in [9.17, 15) is 9.59 Å². The van der Waals surface area contributed by atoms with Crippen LogP contribution >= 0.6 is 11.8 Å². The van der Waals surface area contributed by atoms with Crippen molar-refractivity contribution in [2.24, 2.45) is 5.92 Å². The molecule has 1 N–H and O–H groups in total. The van der Waals surface area contributed by atoms with Gasteiger partial charge in [-0.05, 0) is 32.1 Å². The molecule has 0 radical (unpaired) electrons. The highest BCUT2D eigenvalue weighted by Gasteiger charge is 2.25. The lowest BCUT2D eigenvalue weighted by molar-refractivity contribution is -0.131. The summed E-state index contributed by atoms with van der Waals surface area (Å²) in [6.45, 7) is 7.85. The Morgan fingerprint density at radius 2 is 2.18 bits per heavy atom. The Morgan fingerprint density at radius 3 is 2.82 bits per heavy atom. The number of piperidine rings is 1. The summed E-state index contributed by atoms with van der Waals surface area (Å²) in [6.07, 6.45) is 3.87. The number of rotatable bonds is 5. The number of aromatic nitrogens is 2. The number of carbonyl (C=O) groups excluding carboxylic acids is 1. The zero-order chi connectivity index (χ0) is 16.1. The van der Waals surface area contributed by atoms with E-state index < -0.39 is 0 Å². The molecular formula is C16H25N3O2S. The molecule has 1 aliphatic heterocycles. The molecule has 5 nitrogen and oxygen atoms in total. The average Bonchev–Trinajstić information content (AvgIpc) is 2.47. The molecule has 2 heterocycles. The molecule has 0 aliphatic carbocycles.